The highest BCUT2D eigenvalue weighted by atomic mass is 32.2. The summed E-state index contributed by atoms with van der Waals surface area (Å²) in [6.45, 7) is 9.46. The van der Waals surface area contributed by atoms with Gasteiger partial charge >= 0.3 is 6.03 Å². The second kappa shape index (κ2) is 9.61. The molecule has 0 fully saturated rings. The van der Waals surface area contributed by atoms with Crippen LogP contribution in [0.2, 0.25) is 0 Å². The van der Waals surface area contributed by atoms with Crippen molar-refractivity contribution in [2.45, 2.75) is 37.7 Å². The van der Waals surface area contributed by atoms with Crippen molar-refractivity contribution < 1.29 is 9.59 Å². The Labute approximate surface area is 184 Å². The average molecular weight is 437 g/mol. The van der Waals surface area contributed by atoms with E-state index in [1.807, 2.05) is 26.0 Å². The number of hydrogen-bond donors (Lipinski definition) is 2. The molecule has 2 aromatic carbocycles. The first-order chi connectivity index (χ1) is 14.8. The van der Waals surface area contributed by atoms with Gasteiger partial charge in [-0.15, -0.1) is 6.58 Å². The third-order valence-electron chi connectivity index (χ3n) is 4.66. The van der Waals surface area contributed by atoms with Crippen molar-refractivity contribution in [3.05, 3.63) is 76.6 Å². The topological polar surface area (TPSA) is 93.1 Å². The Morgan fingerprint density at radius 3 is 2.68 bits per heavy atom. The Morgan fingerprint density at radius 2 is 1.97 bits per heavy atom. The number of allylic oxidation sites excluding steroid dienone is 1. The third-order valence-corrected chi connectivity index (χ3v) is 5.75. The molecule has 1 aromatic heterocycles. The number of rotatable bonds is 6. The number of carbonyl (C=O) groups excluding carboxylic acids is 2. The van der Waals surface area contributed by atoms with Gasteiger partial charge in [-0.25, -0.2) is 9.78 Å². The maximum absolute atomic E-state index is 12.8. The van der Waals surface area contributed by atoms with E-state index >= 15 is 0 Å². The number of para-hydroxylation sites is 1. The van der Waals surface area contributed by atoms with Crippen molar-refractivity contribution in [1.82, 2.24) is 14.9 Å². The first-order valence-electron chi connectivity index (χ1n) is 9.76. The summed E-state index contributed by atoms with van der Waals surface area (Å²) in [5.41, 5.74) is 2.97. The highest BCUT2D eigenvalue weighted by molar-refractivity contribution is 8.00. The number of urea groups is 1. The normalized spacial score (nSPS) is 11.7. The highest BCUT2D eigenvalue weighted by Gasteiger charge is 2.21. The second-order valence-electron chi connectivity index (χ2n) is 7.14. The van der Waals surface area contributed by atoms with Gasteiger partial charge in [-0.3, -0.25) is 19.5 Å². The predicted molar refractivity (Wildman–Crippen MR) is 125 cm³/mol. The molecule has 3 rings (SSSR count). The summed E-state index contributed by atoms with van der Waals surface area (Å²) >= 11 is 1.11. The number of aromatic nitrogens is 2. The van der Waals surface area contributed by atoms with E-state index < -0.39 is 17.2 Å². The van der Waals surface area contributed by atoms with Crippen molar-refractivity contribution in [3.63, 3.8) is 0 Å². The number of hydrogen-bond acceptors (Lipinski definition) is 5. The third kappa shape index (κ3) is 5.21. The largest absolute Gasteiger partial charge is 0.325 e. The molecule has 0 spiro atoms. The maximum Gasteiger partial charge on any atom is 0.325 e. The zero-order valence-corrected chi connectivity index (χ0v) is 18.5. The molecule has 0 bridgehead atoms. The van der Waals surface area contributed by atoms with Crippen LogP contribution < -0.4 is 16.2 Å². The van der Waals surface area contributed by atoms with E-state index in [4.69, 9.17) is 0 Å². The fourth-order valence-electron chi connectivity index (χ4n) is 3.06. The van der Waals surface area contributed by atoms with Crippen LogP contribution in [-0.4, -0.2) is 26.7 Å². The van der Waals surface area contributed by atoms with E-state index in [2.05, 4.69) is 22.2 Å². The molecule has 1 unspecified atom stereocenters. The molecule has 0 saturated heterocycles. The number of carbonyl (C=O) groups is 2. The number of nitrogens with one attached hydrogen (secondary N) is 2. The van der Waals surface area contributed by atoms with Gasteiger partial charge in [0, 0.05) is 12.2 Å². The minimum atomic E-state index is -0.658. The van der Waals surface area contributed by atoms with Crippen molar-refractivity contribution >= 4 is 40.3 Å². The van der Waals surface area contributed by atoms with Crippen LogP contribution in [0, 0.1) is 13.8 Å². The maximum atomic E-state index is 12.8. The predicted octanol–water partition coefficient (Wildman–Crippen LogP) is 4.03. The summed E-state index contributed by atoms with van der Waals surface area (Å²) in [4.78, 5) is 42.2. The van der Waals surface area contributed by atoms with Gasteiger partial charge in [0.1, 0.15) is 0 Å². The number of thioether (sulfide) groups is 1. The molecule has 3 aromatic rings. The molecule has 8 heteroatoms. The molecular formula is C23H24N4O3S. The molecule has 0 aliphatic rings. The molecule has 1 heterocycles. The molecular weight excluding hydrogens is 412 g/mol. The van der Waals surface area contributed by atoms with Gasteiger partial charge in [0.2, 0.25) is 5.91 Å². The van der Waals surface area contributed by atoms with Crippen LogP contribution in [0.5, 0.6) is 0 Å². The first kappa shape index (κ1) is 22.3. The molecule has 1 atom stereocenters. The number of nitrogens with zero attached hydrogens (tertiary/aromatic N) is 2. The molecule has 2 N–H and O–H groups in total. The minimum Gasteiger partial charge on any atom is -0.307 e. The lowest BCUT2D eigenvalue weighted by atomic mass is 10.1. The lowest BCUT2D eigenvalue weighted by Crippen LogP contribution is -2.39. The summed E-state index contributed by atoms with van der Waals surface area (Å²) in [5.74, 6) is -0.486. The molecule has 0 radical (unpaired) electrons. The SMILES string of the molecule is C=CCn1c(SC(C)C(=O)NC(=O)Nc2ccc(C)cc2C)nc2ccccc2c1=O. The molecule has 0 aliphatic carbocycles. The molecule has 0 saturated carbocycles. The Morgan fingerprint density at radius 1 is 1.23 bits per heavy atom. The Kier molecular flexibility index (Phi) is 6.91. The van der Waals surface area contributed by atoms with E-state index in [-0.39, 0.29) is 12.1 Å². The number of benzene rings is 2. The van der Waals surface area contributed by atoms with Crippen LogP contribution in [0.3, 0.4) is 0 Å². The van der Waals surface area contributed by atoms with Crippen LogP contribution in [-0.2, 0) is 11.3 Å². The van der Waals surface area contributed by atoms with E-state index in [1.54, 1.807) is 43.3 Å². The van der Waals surface area contributed by atoms with Gasteiger partial charge < -0.3 is 5.32 Å². The van der Waals surface area contributed by atoms with Crippen LogP contribution in [0.15, 0.2) is 65.1 Å². The fourth-order valence-corrected chi connectivity index (χ4v) is 3.98. The van der Waals surface area contributed by atoms with E-state index in [9.17, 15) is 14.4 Å². The summed E-state index contributed by atoms with van der Waals surface area (Å²) < 4.78 is 1.47. The smallest absolute Gasteiger partial charge is 0.307 e. The van der Waals surface area contributed by atoms with E-state index in [0.717, 1.165) is 22.9 Å². The Balaban J connectivity index is 1.75. The minimum absolute atomic E-state index is 0.201. The van der Waals surface area contributed by atoms with Crippen LogP contribution in [0.1, 0.15) is 18.1 Å². The number of anilines is 1. The van der Waals surface area contributed by atoms with Gasteiger partial charge in [-0.05, 0) is 44.5 Å². The number of fused-ring (bicyclic) bond motifs is 1. The summed E-state index contributed by atoms with van der Waals surface area (Å²) in [7, 11) is 0. The second-order valence-corrected chi connectivity index (χ2v) is 8.45. The van der Waals surface area contributed by atoms with Gasteiger partial charge in [0.05, 0.1) is 16.2 Å². The average Bonchev–Trinajstić information content (AvgIpc) is 2.73. The monoisotopic (exact) mass is 436 g/mol. The van der Waals surface area contributed by atoms with Gasteiger partial charge in [-0.2, -0.15) is 0 Å². The summed E-state index contributed by atoms with van der Waals surface area (Å²) in [6, 6.07) is 12.1. The zero-order chi connectivity index (χ0) is 22.5. The van der Waals surface area contributed by atoms with Crippen molar-refractivity contribution in [1.29, 1.82) is 0 Å². The first-order valence-corrected chi connectivity index (χ1v) is 10.6. The van der Waals surface area contributed by atoms with Gasteiger partial charge in [0.25, 0.3) is 5.56 Å². The standard InChI is InChI=1S/C23H24N4O3S/c1-5-12-27-21(29)17-8-6-7-9-19(17)25-23(27)31-16(4)20(28)26-22(30)24-18-11-10-14(2)13-15(18)3/h5-11,13,16H,1,12H2,2-4H3,(H2,24,26,28,30). The Bertz CT molecular complexity index is 1220. The molecule has 0 aliphatic heterocycles. The van der Waals surface area contributed by atoms with Crippen molar-refractivity contribution in [2.75, 3.05) is 5.32 Å². The highest BCUT2D eigenvalue weighted by Crippen LogP contribution is 2.23. The zero-order valence-electron chi connectivity index (χ0n) is 17.6. The lowest BCUT2D eigenvalue weighted by Gasteiger charge is -2.15. The van der Waals surface area contributed by atoms with Gasteiger partial charge in [0.15, 0.2) is 5.16 Å². The fraction of sp³-hybridized carbons (Fsp3) is 0.217. The number of imide groups is 1. The molecule has 160 valence electrons. The van der Waals surface area contributed by atoms with E-state index in [1.165, 1.54) is 4.57 Å². The van der Waals surface area contributed by atoms with Crippen molar-refractivity contribution in [2.24, 2.45) is 0 Å². The van der Waals surface area contributed by atoms with Crippen LogP contribution in [0.4, 0.5) is 10.5 Å². The number of amides is 3. The summed E-state index contributed by atoms with van der Waals surface area (Å²) in [5, 5.41) is 5.27. The Hall–Kier alpha value is -3.39. The quantitative estimate of drug-likeness (QED) is 0.346. The van der Waals surface area contributed by atoms with Gasteiger partial charge in [-0.1, -0.05) is 47.7 Å². The molecule has 31 heavy (non-hydrogen) atoms. The lowest BCUT2D eigenvalue weighted by molar-refractivity contribution is -0.119. The molecule has 7 nitrogen and oxygen atoms in total. The van der Waals surface area contributed by atoms with Crippen LogP contribution in [0.25, 0.3) is 10.9 Å². The molecule has 3 amide bonds. The van der Waals surface area contributed by atoms with E-state index in [0.29, 0.717) is 21.7 Å². The summed E-state index contributed by atoms with van der Waals surface area (Å²) in [6.07, 6.45) is 1.60. The number of aryl methyl sites for hydroxylation is 2. The van der Waals surface area contributed by atoms with Crippen LogP contribution >= 0.6 is 11.8 Å². The van der Waals surface area contributed by atoms with Crippen molar-refractivity contribution in [3.8, 4) is 0 Å².